The average molecular weight is 409 g/mol. The summed E-state index contributed by atoms with van der Waals surface area (Å²) in [5.74, 6) is 1.60. The van der Waals surface area contributed by atoms with Crippen LogP contribution < -0.4 is 0 Å². The van der Waals surface area contributed by atoms with Crippen molar-refractivity contribution in [1.82, 2.24) is 0 Å². The number of hydrogen-bond acceptors (Lipinski definition) is 5. The summed E-state index contributed by atoms with van der Waals surface area (Å²) in [6.45, 7) is 10.1. The SMILES string of the molecule is CC1(C)C=C(O)C2=C(C1)OC1=C(C(O)=CC(C)(C)C1)C2(C)c1ccc([N+](=O)[O-])cc1. The molecule has 6 heteroatoms. The van der Waals surface area contributed by atoms with Crippen LogP contribution in [0.2, 0.25) is 0 Å². The summed E-state index contributed by atoms with van der Waals surface area (Å²) in [4.78, 5) is 10.7. The third-order valence-corrected chi connectivity index (χ3v) is 6.26. The summed E-state index contributed by atoms with van der Waals surface area (Å²) in [6, 6.07) is 6.30. The first-order valence-corrected chi connectivity index (χ1v) is 10.1. The number of nitro groups is 1. The average Bonchev–Trinajstić information content (AvgIpc) is 2.58. The molecule has 0 atom stereocenters. The number of rotatable bonds is 2. The number of nitro benzene ring substituents is 1. The molecule has 1 heterocycles. The first kappa shape index (κ1) is 20.3. The van der Waals surface area contributed by atoms with Crippen molar-refractivity contribution < 1.29 is 19.9 Å². The lowest BCUT2D eigenvalue weighted by molar-refractivity contribution is -0.384. The highest BCUT2D eigenvalue weighted by molar-refractivity contribution is 5.62. The quantitative estimate of drug-likeness (QED) is 0.452. The minimum Gasteiger partial charge on any atom is -0.508 e. The second-order valence-electron chi connectivity index (χ2n) is 10.0. The van der Waals surface area contributed by atoms with E-state index in [1.54, 1.807) is 12.1 Å². The molecule has 2 aliphatic carbocycles. The van der Waals surface area contributed by atoms with Crippen molar-refractivity contribution >= 4 is 5.69 Å². The molecular formula is C24H27NO5. The molecule has 3 aliphatic rings. The van der Waals surface area contributed by atoms with Gasteiger partial charge in [0.2, 0.25) is 0 Å². The number of hydrogen-bond donors (Lipinski definition) is 2. The maximum Gasteiger partial charge on any atom is 0.269 e. The lowest BCUT2D eigenvalue weighted by Crippen LogP contribution is -2.40. The molecule has 30 heavy (non-hydrogen) atoms. The lowest BCUT2D eigenvalue weighted by atomic mass is 9.62. The minimum absolute atomic E-state index is 0.00750. The zero-order valence-electron chi connectivity index (χ0n) is 17.9. The van der Waals surface area contributed by atoms with Crippen LogP contribution in [0.15, 0.2) is 70.6 Å². The summed E-state index contributed by atoms with van der Waals surface area (Å²) in [6.07, 6.45) is 4.85. The zero-order chi connectivity index (χ0) is 22.1. The molecule has 4 rings (SSSR count). The number of nitrogens with zero attached hydrogens (tertiary/aromatic N) is 1. The van der Waals surface area contributed by atoms with E-state index >= 15 is 0 Å². The van der Waals surface area contributed by atoms with Crippen molar-refractivity contribution in [3.05, 3.63) is 86.3 Å². The van der Waals surface area contributed by atoms with Gasteiger partial charge >= 0.3 is 0 Å². The van der Waals surface area contributed by atoms with Crippen LogP contribution in [0.1, 0.15) is 53.0 Å². The second-order valence-corrected chi connectivity index (χ2v) is 10.0. The molecule has 0 spiro atoms. The number of benzene rings is 1. The highest BCUT2D eigenvalue weighted by Crippen LogP contribution is 2.57. The molecule has 0 saturated carbocycles. The monoisotopic (exact) mass is 409 g/mol. The smallest absolute Gasteiger partial charge is 0.269 e. The molecule has 158 valence electrons. The molecule has 0 bridgehead atoms. The Morgan fingerprint density at radius 1 is 0.867 bits per heavy atom. The molecule has 0 unspecified atom stereocenters. The highest BCUT2D eigenvalue weighted by atomic mass is 16.6. The Bertz CT molecular complexity index is 1010. The van der Waals surface area contributed by atoms with Gasteiger partial charge in [-0.15, -0.1) is 0 Å². The maximum atomic E-state index is 11.1. The summed E-state index contributed by atoms with van der Waals surface area (Å²) >= 11 is 0. The Morgan fingerprint density at radius 2 is 1.30 bits per heavy atom. The van der Waals surface area contributed by atoms with Gasteiger partial charge in [0.1, 0.15) is 23.0 Å². The van der Waals surface area contributed by atoms with Crippen LogP contribution in [0.3, 0.4) is 0 Å². The zero-order valence-corrected chi connectivity index (χ0v) is 17.9. The van der Waals surface area contributed by atoms with E-state index in [-0.39, 0.29) is 28.0 Å². The molecule has 0 amide bonds. The number of allylic oxidation sites excluding steroid dienone is 6. The van der Waals surface area contributed by atoms with Crippen LogP contribution in [0.25, 0.3) is 0 Å². The van der Waals surface area contributed by atoms with E-state index in [1.807, 2.05) is 46.8 Å². The van der Waals surface area contributed by atoms with Crippen molar-refractivity contribution in [3.8, 4) is 0 Å². The summed E-state index contributed by atoms with van der Waals surface area (Å²) in [5, 5.41) is 33.2. The highest BCUT2D eigenvalue weighted by Gasteiger charge is 2.50. The molecule has 0 radical (unpaired) electrons. The van der Waals surface area contributed by atoms with Crippen molar-refractivity contribution in [1.29, 1.82) is 0 Å². The largest absolute Gasteiger partial charge is 0.508 e. The standard InChI is InChI=1S/C24H27NO5/c1-22(2)10-16(26)20-18(12-22)30-19-13-23(3,4)11-17(27)21(19)24(20,5)14-6-8-15(9-7-14)25(28)29/h6-11,26-27H,12-13H2,1-5H3. The van der Waals surface area contributed by atoms with Crippen molar-refractivity contribution in [2.45, 2.75) is 52.9 Å². The van der Waals surface area contributed by atoms with E-state index in [9.17, 15) is 20.3 Å². The minimum atomic E-state index is -0.911. The van der Waals surface area contributed by atoms with E-state index in [2.05, 4.69) is 0 Å². The van der Waals surface area contributed by atoms with Gasteiger partial charge in [-0.25, -0.2) is 0 Å². The number of ether oxygens (including phenoxy) is 1. The van der Waals surface area contributed by atoms with Crippen molar-refractivity contribution in [2.75, 3.05) is 0 Å². The summed E-state index contributed by atoms with van der Waals surface area (Å²) in [5.41, 5.74) is 0.483. The van der Waals surface area contributed by atoms with E-state index in [0.29, 0.717) is 35.5 Å². The van der Waals surface area contributed by atoms with Crippen LogP contribution >= 0.6 is 0 Å². The molecule has 1 aromatic carbocycles. The molecule has 1 aliphatic heterocycles. The lowest BCUT2D eigenvalue weighted by Gasteiger charge is -2.46. The number of non-ortho nitro benzene ring substituents is 1. The van der Waals surface area contributed by atoms with E-state index in [1.165, 1.54) is 12.1 Å². The van der Waals surface area contributed by atoms with Crippen molar-refractivity contribution in [2.24, 2.45) is 10.8 Å². The van der Waals surface area contributed by atoms with Crippen LogP contribution in [0.5, 0.6) is 0 Å². The Morgan fingerprint density at radius 3 is 1.70 bits per heavy atom. The predicted octanol–water partition coefficient (Wildman–Crippen LogP) is 6.13. The fourth-order valence-corrected chi connectivity index (χ4v) is 5.00. The molecule has 0 aromatic heterocycles. The van der Waals surface area contributed by atoms with Gasteiger partial charge in [0.05, 0.1) is 10.3 Å². The summed E-state index contributed by atoms with van der Waals surface area (Å²) < 4.78 is 6.33. The van der Waals surface area contributed by atoms with Gasteiger partial charge in [-0.3, -0.25) is 10.1 Å². The third kappa shape index (κ3) is 3.02. The fraction of sp³-hybridized carbons (Fsp3) is 0.417. The van der Waals surface area contributed by atoms with Gasteiger partial charge in [-0.05, 0) is 35.5 Å². The topological polar surface area (TPSA) is 92.8 Å². The predicted molar refractivity (Wildman–Crippen MR) is 114 cm³/mol. The van der Waals surface area contributed by atoms with E-state index in [4.69, 9.17) is 4.74 Å². The Balaban J connectivity index is 1.97. The Kier molecular flexibility index (Phi) is 4.21. The van der Waals surface area contributed by atoms with Gasteiger partial charge in [-0.2, -0.15) is 0 Å². The third-order valence-electron chi connectivity index (χ3n) is 6.26. The normalized spacial score (nSPS) is 23.6. The first-order chi connectivity index (χ1) is 13.8. The van der Waals surface area contributed by atoms with Crippen LogP contribution in [0, 0.1) is 20.9 Å². The fourth-order valence-electron chi connectivity index (χ4n) is 5.00. The van der Waals surface area contributed by atoms with E-state index in [0.717, 1.165) is 5.56 Å². The molecule has 0 fully saturated rings. The van der Waals surface area contributed by atoms with E-state index < -0.39 is 10.3 Å². The van der Waals surface area contributed by atoms with Gasteiger partial charge in [0.15, 0.2) is 0 Å². The van der Waals surface area contributed by atoms with Gasteiger partial charge in [-0.1, -0.05) is 39.8 Å². The first-order valence-electron chi connectivity index (χ1n) is 10.1. The van der Waals surface area contributed by atoms with Crippen molar-refractivity contribution in [3.63, 3.8) is 0 Å². The maximum absolute atomic E-state index is 11.1. The number of aliphatic hydroxyl groups is 2. The van der Waals surface area contributed by atoms with Crippen LogP contribution in [0.4, 0.5) is 5.69 Å². The number of aliphatic hydroxyl groups excluding tert-OH is 2. The Labute approximate surface area is 176 Å². The Hall–Kier alpha value is -3.02. The second kappa shape index (κ2) is 6.24. The molecule has 6 nitrogen and oxygen atoms in total. The summed E-state index contributed by atoms with van der Waals surface area (Å²) in [7, 11) is 0. The molecule has 0 saturated heterocycles. The van der Waals surface area contributed by atoms with Gasteiger partial charge in [0.25, 0.3) is 5.69 Å². The molecular weight excluding hydrogens is 382 g/mol. The van der Waals surface area contributed by atoms with Crippen LogP contribution in [-0.4, -0.2) is 15.1 Å². The molecule has 1 aromatic rings. The molecule has 2 N–H and O–H groups in total. The van der Waals surface area contributed by atoms with Gasteiger partial charge < -0.3 is 14.9 Å². The van der Waals surface area contributed by atoms with Gasteiger partial charge in [0, 0.05) is 36.1 Å². The van der Waals surface area contributed by atoms with Crippen LogP contribution in [-0.2, 0) is 10.2 Å².